The first-order valence-electron chi connectivity index (χ1n) is 6.72. The van der Waals surface area contributed by atoms with E-state index in [9.17, 15) is 0 Å². The third kappa shape index (κ3) is 3.80. The Labute approximate surface area is 134 Å². The van der Waals surface area contributed by atoms with Crippen molar-refractivity contribution in [2.75, 3.05) is 20.1 Å². The van der Waals surface area contributed by atoms with Crippen molar-refractivity contribution in [2.45, 2.75) is 25.4 Å². The van der Waals surface area contributed by atoms with Gasteiger partial charge in [-0.1, -0.05) is 0 Å². The van der Waals surface area contributed by atoms with Gasteiger partial charge in [-0.25, -0.2) is 4.98 Å². The molecule has 3 rings (SSSR count). The molecular formula is C14H20ClN3S2. The van der Waals surface area contributed by atoms with Crippen molar-refractivity contribution in [1.29, 1.82) is 0 Å². The summed E-state index contributed by atoms with van der Waals surface area (Å²) in [4.78, 5) is 8.46. The van der Waals surface area contributed by atoms with Crippen molar-refractivity contribution in [3.05, 3.63) is 27.9 Å². The molecule has 1 fully saturated rings. The van der Waals surface area contributed by atoms with E-state index in [0.29, 0.717) is 6.04 Å². The first-order chi connectivity index (χ1) is 9.35. The fourth-order valence-corrected chi connectivity index (χ4v) is 4.22. The fraction of sp³-hybridized carbons (Fsp3) is 0.500. The molecule has 3 heterocycles. The number of hydrogen-bond acceptors (Lipinski definition) is 5. The second-order valence-electron chi connectivity index (χ2n) is 5.01. The Morgan fingerprint density at radius 3 is 3.15 bits per heavy atom. The standard InChI is InChI=1S/C14H19N3S2.ClH/c1-15-12-3-2-5-17(8-12)9-13-7-16-14(19-13)11-4-6-18-10-11;/h4,6-7,10,12,15H,2-3,5,8-9H2,1H3;1H. The van der Waals surface area contributed by atoms with Crippen LogP contribution in [0.3, 0.4) is 0 Å². The van der Waals surface area contributed by atoms with Crippen LogP contribution in [0.4, 0.5) is 0 Å². The minimum absolute atomic E-state index is 0. The lowest BCUT2D eigenvalue weighted by molar-refractivity contribution is 0.189. The zero-order valence-corrected chi connectivity index (χ0v) is 14.0. The van der Waals surface area contributed by atoms with Crippen LogP contribution >= 0.6 is 35.1 Å². The number of likely N-dealkylation sites (tertiary alicyclic amines) is 1. The molecule has 1 aliphatic rings. The number of nitrogens with zero attached hydrogens (tertiary/aromatic N) is 2. The van der Waals surface area contributed by atoms with Gasteiger partial charge in [0.15, 0.2) is 0 Å². The van der Waals surface area contributed by atoms with Gasteiger partial charge in [0.2, 0.25) is 0 Å². The Bertz CT molecular complexity index is 512. The van der Waals surface area contributed by atoms with Gasteiger partial charge in [0.25, 0.3) is 0 Å². The molecular weight excluding hydrogens is 310 g/mol. The fourth-order valence-electron chi connectivity index (χ4n) is 2.56. The third-order valence-corrected chi connectivity index (χ3v) is 5.33. The molecule has 1 saturated heterocycles. The van der Waals surface area contributed by atoms with Gasteiger partial charge in [-0.05, 0) is 37.9 Å². The Morgan fingerprint density at radius 1 is 1.50 bits per heavy atom. The molecule has 20 heavy (non-hydrogen) atoms. The highest BCUT2D eigenvalue weighted by Crippen LogP contribution is 2.28. The number of aromatic nitrogens is 1. The molecule has 0 saturated carbocycles. The van der Waals surface area contributed by atoms with Crippen molar-refractivity contribution in [1.82, 2.24) is 15.2 Å². The minimum Gasteiger partial charge on any atom is -0.316 e. The monoisotopic (exact) mass is 329 g/mol. The molecule has 1 aliphatic heterocycles. The van der Waals surface area contributed by atoms with Gasteiger partial charge in [0, 0.05) is 41.1 Å². The number of likely N-dealkylation sites (N-methyl/N-ethyl adjacent to an activating group) is 1. The van der Waals surface area contributed by atoms with Crippen molar-refractivity contribution >= 4 is 35.1 Å². The van der Waals surface area contributed by atoms with E-state index in [1.165, 1.54) is 29.8 Å². The maximum atomic E-state index is 4.55. The normalized spacial score (nSPS) is 19.8. The van der Waals surface area contributed by atoms with Crippen LogP contribution in [0, 0.1) is 0 Å². The molecule has 110 valence electrons. The Hall–Kier alpha value is -0.460. The smallest absolute Gasteiger partial charge is 0.124 e. The molecule has 0 spiro atoms. The van der Waals surface area contributed by atoms with Gasteiger partial charge in [-0.3, -0.25) is 4.90 Å². The van der Waals surface area contributed by atoms with E-state index in [2.05, 4.69) is 39.1 Å². The topological polar surface area (TPSA) is 28.2 Å². The van der Waals surface area contributed by atoms with Crippen molar-refractivity contribution in [3.8, 4) is 10.6 Å². The van der Waals surface area contributed by atoms with Crippen LogP contribution in [-0.4, -0.2) is 36.1 Å². The zero-order valence-electron chi connectivity index (χ0n) is 11.5. The maximum Gasteiger partial charge on any atom is 0.124 e. The zero-order chi connectivity index (χ0) is 13.1. The average molecular weight is 330 g/mol. The number of piperidine rings is 1. The summed E-state index contributed by atoms with van der Waals surface area (Å²) in [6, 6.07) is 2.79. The van der Waals surface area contributed by atoms with E-state index in [1.54, 1.807) is 11.3 Å². The predicted molar refractivity (Wildman–Crippen MR) is 90.0 cm³/mol. The summed E-state index contributed by atoms with van der Waals surface area (Å²) in [5, 5.41) is 8.82. The van der Waals surface area contributed by atoms with Crippen LogP contribution in [-0.2, 0) is 6.54 Å². The number of halogens is 1. The molecule has 0 bridgehead atoms. The van der Waals surface area contributed by atoms with Gasteiger partial charge in [0.1, 0.15) is 5.01 Å². The number of hydrogen-bond donors (Lipinski definition) is 1. The van der Waals surface area contributed by atoms with Crippen LogP contribution < -0.4 is 5.32 Å². The van der Waals surface area contributed by atoms with E-state index in [4.69, 9.17) is 0 Å². The molecule has 1 atom stereocenters. The van der Waals surface area contributed by atoms with E-state index in [-0.39, 0.29) is 12.4 Å². The number of thiophene rings is 1. The van der Waals surface area contributed by atoms with E-state index in [1.807, 2.05) is 17.5 Å². The minimum atomic E-state index is 0. The summed E-state index contributed by atoms with van der Waals surface area (Å²) < 4.78 is 0. The lowest BCUT2D eigenvalue weighted by Gasteiger charge is -2.32. The summed E-state index contributed by atoms with van der Waals surface area (Å²) in [5.41, 5.74) is 1.26. The molecule has 6 heteroatoms. The Balaban J connectivity index is 0.00000147. The van der Waals surface area contributed by atoms with Crippen LogP contribution in [0.15, 0.2) is 23.0 Å². The Morgan fingerprint density at radius 2 is 2.40 bits per heavy atom. The summed E-state index contributed by atoms with van der Waals surface area (Å²) in [6.07, 6.45) is 4.64. The van der Waals surface area contributed by atoms with Gasteiger partial charge in [0.05, 0.1) is 0 Å². The average Bonchev–Trinajstić information content (AvgIpc) is 3.09. The summed E-state index contributed by atoms with van der Waals surface area (Å²) in [7, 11) is 2.07. The molecule has 2 aromatic rings. The highest BCUT2D eigenvalue weighted by atomic mass is 35.5. The van der Waals surface area contributed by atoms with Crippen LogP contribution in [0.1, 0.15) is 17.7 Å². The second kappa shape index (κ2) is 7.52. The van der Waals surface area contributed by atoms with E-state index >= 15 is 0 Å². The second-order valence-corrected chi connectivity index (χ2v) is 6.90. The van der Waals surface area contributed by atoms with E-state index < -0.39 is 0 Å². The van der Waals surface area contributed by atoms with Crippen molar-refractivity contribution in [2.24, 2.45) is 0 Å². The van der Waals surface area contributed by atoms with Crippen LogP contribution in [0.2, 0.25) is 0 Å². The molecule has 1 unspecified atom stereocenters. The summed E-state index contributed by atoms with van der Waals surface area (Å²) in [6.45, 7) is 3.41. The number of rotatable bonds is 4. The molecule has 3 nitrogen and oxygen atoms in total. The van der Waals surface area contributed by atoms with E-state index in [0.717, 1.165) is 18.1 Å². The molecule has 0 aliphatic carbocycles. The molecule has 0 amide bonds. The molecule has 0 aromatic carbocycles. The first-order valence-corrected chi connectivity index (χ1v) is 8.48. The maximum absolute atomic E-state index is 4.55. The SMILES string of the molecule is CNC1CCCN(Cc2cnc(-c3ccsc3)s2)C1.Cl. The van der Waals surface area contributed by atoms with Crippen molar-refractivity contribution in [3.63, 3.8) is 0 Å². The summed E-state index contributed by atoms with van der Waals surface area (Å²) >= 11 is 3.56. The molecule has 1 N–H and O–H groups in total. The molecule has 0 radical (unpaired) electrons. The van der Waals surface area contributed by atoms with Gasteiger partial charge in [-0.2, -0.15) is 11.3 Å². The highest BCUT2D eigenvalue weighted by molar-refractivity contribution is 7.15. The van der Waals surface area contributed by atoms with Gasteiger partial charge >= 0.3 is 0 Å². The predicted octanol–water partition coefficient (Wildman–Crippen LogP) is 3.48. The third-order valence-electron chi connectivity index (χ3n) is 3.61. The quantitative estimate of drug-likeness (QED) is 0.930. The molecule has 2 aromatic heterocycles. The van der Waals surface area contributed by atoms with Crippen molar-refractivity contribution < 1.29 is 0 Å². The first kappa shape index (κ1) is 15.9. The number of nitrogens with one attached hydrogen (secondary N) is 1. The van der Waals surface area contributed by atoms with Crippen LogP contribution in [0.25, 0.3) is 10.6 Å². The largest absolute Gasteiger partial charge is 0.316 e. The summed E-state index contributed by atoms with van der Waals surface area (Å²) in [5.74, 6) is 0. The van der Waals surface area contributed by atoms with Gasteiger partial charge in [-0.15, -0.1) is 23.7 Å². The lowest BCUT2D eigenvalue weighted by Crippen LogP contribution is -2.43. The Kier molecular flexibility index (Phi) is 5.99. The number of thiazole rings is 1. The van der Waals surface area contributed by atoms with Gasteiger partial charge < -0.3 is 5.32 Å². The van der Waals surface area contributed by atoms with Crippen LogP contribution in [0.5, 0.6) is 0 Å². The highest BCUT2D eigenvalue weighted by Gasteiger charge is 2.19. The lowest BCUT2D eigenvalue weighted by atomic mass is 10.1.